The van der Waals surface area contributed by atoms with Gasteiger partial charge in [0.15, 0.2) is 0 Å². The maximum absolute atomic E-state index is 6.16. The van der Waals surface area contributed by atoms with Crippen molar-refractivity contribution in [2.45, 2.75) is 37.6 Å². The van der Waals surface area contributed by atoms with Gasteiger partial charge in [0.05, 0.1) is 11.6 Å². The van der Waals surface area contributed by atoms with Gasteiger partial charge in [0.25, 0.3) is 0 Å². The van der Waals surface area contributed by atoms with E-state index in [2.05, 4.69) is 15.5 Å². The van der Waals surface area contributed by atoms with Gasteiger partial charge in [0, 0.05) is 6.04 Å². The van der Waals surface area contributed by atoms with Crippen LogP contribution in [0, 0.1) is 6.92 Å². The van der Waals surface area contributed by atoms with E-state index in [0.29, 0.717) is 6.04 Å². The predicted molar refractivity (Wildman–Crippen MR) is 57.7 cm³/mol. The third kappa shape index (κ3) is 2.15. The lowest BCUT2D eigenvalue weighted by molar-refractivity contribution is 0.751. The van der Waals surface area contributed by atoms with Crippen molar-refractivity contribution in [3.8, 4) is 0 Å². The third-order valence-corrected chi connectivity index (χ3v) is 3.08. The van der Waals surface area contributed by atoms with Gasteiger partial charge in [-0.05, 0) is 37.8 Å². The highest BCUT2D eigenvalue weighted by atomic mass is 35.5. The highest BCUT2D eigenvalue weighted by Crippen LogP contribution is 2.26. The molecule has 2 unspecified atom stereocenters. The number of nitrogens with zero attached hydrogens (tertiary/aromatic N) is 2. The van der Waals surface area contributed by atoms with Crippen molar-refractivity contribution in [3.63, 3.8) is 0 Å². The first-order chi connectivity index (χ1) is 6.75. The Morgan fingerprint density at radius 3 is 3.00 bits per heavy atom. The van der Waals surface area contributed by atoms with Crippen LogP contribution >= 0.6 is 11.6 Å². The summed E-state index contributed by atoms with van der Waals surface area (Å²) in [7, 11) is 0. The molecule has 0 radical (unpaired) electrons. The summed E-state index contributed by atoms with van der Waals surface area (Å²) >= 11 is 6.16. The summed E-state index contributed by atoms with van der Waals surface area (Å²) in [6.07, 6.45) is 5.17. The Hall–Kier alpha value is -0.830. The minimum absolute atomic E-state index is 0.234. The van der Waals surface area contributed by atoms with Crippen LogP contribution in [0.4, 0.5) is 5.82 Å². The van der Waals surface area contributed by atoms with E-state index in [4.69, 9.17) is 11.6 Å². The highest BCUT2D eigenvalue weighted by molar-refractivity contribution is 6.21. The van der Waals surface area contributed by atoms with Gasteiger partial charge in [0.2, 0.25) is 0 Å². The minimum atomic E-state index is 0.234. The molecule has 4 heteroatoms. The summed E-state index contributed by atoms with van der Waals surface area (Å²) in [5, 5.41) is 11.5. The number of halogens is 1. The SMILES string of the molecule is Cc1cnnc(NC2CCCC2Cl)c1. The average molecular weight is 212 g/mol. The monoisotopic (exact) mass is 211 g/mol. The molecule has 1 heterocycles. The highest BCUT2D eigenvalue weighted by Gasteiger charge is 2.25. The van der Waals surface area contributed by atoms with Gasteiger partial charge in [-0.25, -0.2) is 0 Å². The summed E-state index contributed by atoms with van der Waals surface area (Å²) in [6.45, 7) is 2.01. The van der Waals surface area contributed by atoms with Crippen molar-refractivity contribution < 1.29 is 0 Å². The van der Waals surface area contributed by atoms with Crippen molar-refractivity contribution in [2.24, 2.45) is 0 Å². The molecule has 1 aromatic rings. The van der Waals surface area contributed by atoms with E-state index in [1.165, 1.54) is 6.42 Å². The Balaban J connectivity index is 2.03. The fourth-order valence-corrected chi connectivity index (χ4v) is 2.15. The van der Waals surface area contributed by atoms with Crippen LogP contribution in [-0.2, 0) is 0 Å². The van der Waals surface area contributed by atoms with Gasteiger partial charge >= 0.3 is 0 Å². The first-order valence-corrected chi connectivity index (χ1v) is 5.39. The van der Waals surface area contributed by atoms with Crippen LogP contribution in [0.2, 0.25) is 0 Å². The molecule has 0 bridgehead atoms. The van der Waals surface area contributed by atoms with E-state index in [1.807, 2.05) is 13.0 Å². The fraction of sp³-hybridized carbons (Fsp3) is 0.600. The first-order valence-electron chi connectivity index (χ1n) is 4.95. The number of hydrogen-bond acceptors (Lipinski definition) is 3. The lowest BCUT2D eigenvalue weighted by Crippen LogP contribution is -2.24. The van der Waals surface area contributed by atoms with Gasteiger partial charge < -0.3 is 5.32 Å². The molecule has 0 aliphatic heterocycles. The minimum Gasteiger partial charge on any atom is -0.364 e. The number of hydrogen-bond donors (Lipinski definition) is 1. The molecule has 14 heavy (non-hydrogen) atoms. The summed E-state index contributed by atoms with van der Waals surface area (Å²) in [5.41, 5.74) is 1.12. The number of alkyl halides is 1. The van der Waals surface area contributed by atoms with Gasteiger partial charge in [0.1, 0.15) is 5.82 Å². The van der Waals surface area contributed by atoms with Crippen LogP contribution in [0.1, 0.15) is 24.8 Å². The molecule has 2 rings (SSSR count). The Bertz CT molecular complexity index is 316. The van der Waals surface area contributed by atoms with Crippen LogP contribution in [0.25, 0.3) is 0 Å². The Morgan fingerprint density at radius 2 is 2.36 bits per heavy atom. The Labute approximate surface area is 88.9 Å². The largest absolute Gasteiger partial charge is 0.364 e. The van der Waals surface area contributed by atoms with E-state index in [-0.39, 0.29) is 5.38 Å². The lowest BCUT2D eigenvalue weighted by Gasteiger charge is -2.15. The molecule has 1 aliphatic rings. The number of anilines is 1. The molecule has 76 valence electrons. The van der Waals surface area contributed by atoms with Crippen molar-refractivity contribution >= 4 is 17.4 Å². The Kier molecular flexibility index (Phi) is 2.87. The third-order valence-electron chi connectivity index (χ3n) is 2.56. The topological polar surface area (TPSA) is 37.8 Å². The van der Waals surface area contributed by atoms with E-state index < -0.39 is 0 Å². The second-order valence-electron chi connectivity index (χ2n) is 3.82. The zero-order valence-corrected chi connectivity index (χ0v) is 8.96. The average Bonchev–Trinajstić information content (AvgIpc) is 2.52. The number of rotatable bonds is 2. The van der Waals surface area contributed by atoms with Crippen molar-refractivity contribution in [3.05, 3.63) is 17.8 Å². The molecule has 0 spiro atoms. The predicted octanol–water partition coefficient (Wildman–Crippen LogP) is 2.36. The molecule has 1 aliphatic carbocycles. The maximum Gasteiger partial charge on any atom is 0.149 e. The summed E-state index contributed by atoms with van der Waals surface area (Å²) in [5.74, 6) is 0.836. The van der Waals surface area contributed by atoms with Gasteiger partial charge in [-0.15, -0.1) is 16.7 Å². The van der Waals surface area contributed by atoms with Crippen LogP contribution < -0.4 is 5.32 Å². The van der Waals surface area contributed by atoms with Gasteiger partial charge in [-0.3, -0.25) is 0 Å². The molecule has 1 aromatic heterocycles. The van der Waals surface area contributed by atoms with E-state index in [0.717, 1.165) is 24.2 Å². The lowest BCUT2D eigenvalue weighted by atomic mass is 10.2. The van der Waals surface area contributed by atoms with E-state index in [1.54, 1.807) is 6.20 Å². The molecule has 2 atom stereocenters. The molecule has 1 saturated carbocycles. The maximum atomic E-state index is 6.16. The number of nitrogens with one attached hydrogen (secondary N) is 1. The van der Waals surface area contributed by atoms with E-state index >= 15 is 0 Å². The van der Waals surface area contributed by atoms with Crippen LogP contribution in [0.3, 0.4) is 0 Å². The molecule has 1 N–H and O–H groups in total. The number of aryl methyl sites for hydroxylation is 1. The summed E-state index contributed by atoms with van der Waals surface area (Å²) in [6, 6.07) is 2.35. The van der Waals surface area contributed by atoms with Crippen LogP contribution in [-0.4, -0.2) is 21.6 Å². The molecular weight excluding hydrogens is 198 g/mol. The zero-order valence-electron chi connectivity index (χ0n) is 8.20. The van der Waals surface area contributed by atoms with Gasteiger partial charge in [-0.1, -0.05) is 0 Å². The van der Waals surface area contributed by atoms with Crippen LogP contribution in [0.5, 0.6) is 0 Å². The number of aromatic nitrogens is 2. The Morgan fingerprint density at radius 1 is 1.50 bits per heavy atom. The normalized spacial score (nSPS) is 26.4. The summed E-state index contributed by atoms with van der Waals surface area (Å²) in [4.78, 5) is 0. The quantitative estimate of drug-likeness (QED) is 0.764. The van der Waals surface area contributed by atoms with Crippen molar-refractivity contribution in [1.29, 1.82) is 0 Å². The standard InChI is InChI=1S/C10H14ClN3/c1-7-5-10(14-12-6-7)13-9-4-2-3-8(9)11/h5-6,8-9H,2-4H2,1H3,(H,13,14). The zero-order chi connectivity index (χ0) is 9.97. The smallest absolute Gasteiger partial charge is 0.149 e. The second kappa shape index (κ2) is 4.13. The van der Waals surface area contributed by atoms with Crippen molar-refractivity contribution in [1.82, 2.24) is 10.2 Å². The van der Waals surface area contributed by atoms with Crippen molar-refractivity contribution in [2.75, 3.05) is 5.32 Å². The molecule has 0 amide bonds. The fourth-order valence-electron chi connectivity index (χ4n) is 1.80. The molecule has 3 nitrogen and oxygen atoms in total. The van der Waals surface area contributed by atoms with E-state index in [9.17, 15) is 0 Å². The first kappa shape index (κ1) is 9.71. The molecule has 0 aromatic carbocycles. The molecule has 1 fully saturated rings. The molecule has 0 saturated heterocycles. The van der Waals surface area contributed by atoms with Gasteiger partial charge in [-0.2, -0.15) is 5.10 Å². The molecular formula is C10H14ClN3. The summed E-state index contributed by atoms with van der Waals surface area (Å²) < 4.78 is 0. The second-order valence-corrected chi connectivity index (χ2v) is 4.38. The van der Waals surface area contributed by atoms with Crippen LogP contribution in [0.15, 0.2) is 12.3 Å².